The molecular formula is C17H25N3O3. The lowest BCUT2D eigenvalue weighted by atomic mass is 9.97. The second kappa shape index (κ2) is 8.06. The van der Waals surface area contributed by atoms with Gasteiger partial charge in [-0.25, -0.2) is 0 Å². The third-order valence-electron chi connectivity index (χ3n) is 4.18. The fourth-order valence-corrected chi connectivity index (χ4v) is 2.83. The summed E-state index contributed by atoms with van der Waals surface area (Å²) in [7, 11) is 0. The molecule has 2 aliphatic rings. The monoisotopic (exact) mass is 319 g/mol. The van der Waals surface area contributed by atoms with Gasteiger partial charge in [0, 0.05) is 37.9 Å². The molecule has 23 heavy (non-hydrogen) atoms. The van der Waals surface area contributed by atoms with Crippen molar-refractivity contribution < 1.29 is 14.2 Å². The summed E-state index contributed by atoms with van der Waals surface area (Å²) in [4.78, 5) is 4.41. The smallest absolute Gasteiger partial charge is 0.193 e. The maximum atomic E-state index is 5.97. The van der Waals surface area contributed by atoms with Gasteiger partial charge in [-0.3, -0.25) is 4.99 Å². The Balaban J connectivity index is 1.51. The average Bonchev–Trinajstić information content (AvgIpc) is 2.81. The maximum Gasteiger partial charge on any atom is 0.193 e. The Hall–Kier alpha value is -1.95. The van der Waals surface area contributed by atoms with E-state index in [9.17, 15) is 0 Å². The largest absolute Gasteiger partial charge is 0.490 e. The van der Waals surface area contributed by atoms with E-state index in [1.165, 1.54) is 0 Å². The minimum absolute atomic E-state index is 0.437. The second-order valence-electron chi connectivity index (χ2n) is 5.95. The Kier molecular flexibility index (Phi) is 5.58. The molecule has 0 saturated carbocycles. The lowest BCUT2D eigenvalue weighted by Gasteiger charge is -2.21. The number of benzene rings is 1. The highest BCUT2D eigenvalue weighted by atomic mass is 16.5. The van der Waals surface area contributed by atoms with Gasteiger partial charge in [-0.15, -0.1) is 0 Å². The second-order valence-corrected chi connectivity index (χ2v) is 5.95. The van der Waals surface area contributed by atoms with Crippen LogP contribution in [0, 0.1) is 5.92 Å². The molecule has 6 nitrogen and oxygen atoms in total. The molecule has 0 aromatic heterocycles. The molecule has 1 saturated heterocycles. The molecule has 0 aliphatic carbocycles. The number of anilines is 1. The summed E-state index contributed by atoms with van der Waals surface area (Å²) < 4.78 is 16.7. The molecule has 2 aliphatic heterocycles. The number of nitrogens with zero attached hydrogens (tertiary/aromatic N) is 1. The Labute approximate surface area is 137 Å². The van der Waals surface area contributed by atoms with E-state index in [4.69, 9.17) is 19.9 Å². The van der Waals surface area contributed by atoms with Gasteiger partial charge in [-0.1, -0.05) is 0 Å². The first-order valence-corrected chi connectivity index (χ1v) is 8.35. The van der Waals surface area contributed by atoms with E-state index in [0.29, 0.717) is 25.1 Å². The minimum atomic E-state index is 0.437. The number of fused-ring (bicyclic) bond motifs is 1. The lowest BCUT2D eigenvalue weighted by Crippen LogP contribution is -2.23. The zero-order valence-corrected chi connectivity index (χ0v) is 13.4. The van der Waals surface area contributed by atoms with Crippen LogP contribution in [-0.2, 0) is 4.74 Å². The molecule has 0 bridgehead atoms. The summed E-state index contributed by atoms with van der Waals surface area (Å²) in [6.07, 6.45) is 4.22. The van der Waals surface area contributed by atoms with Crippen LogP contribution in [0.4, 0.5) is 5.69 Å². The van der Waals surface area contributed by atoms with Crippen molar-refractivity contribution in [2.75, 3.05) is 38.3 Å². The van der Waals surface area contributed by atoms with E-state index in [2.05, 4.69) is 10.3 Å². The first-order valence-electron chi connectivity index (χ1n) is 8.35. The van der Waals surface area contributed by atoms with Crippen LogP contribution < -0.4 is 20.5 Å². The third-order valence-corrected chi connectivity index (χ3v) is 4.18. The van der Waals surface area contributed by atoms with E-state index >= 15 is 0 Å². The van der Waals surface area contributed by atoms with Crippen LogP contribution in [-0.4, -0.2) is 38.9 Å². The van der Waals surface area contributed by atoms with Gasteiger partial charge < -0.3 is 25.3 Å². The van der Waals surface area contributed by atoms with Crippen LogP contribution in [0.1, 0.15) is 25.7 Å². The summed E-state index contributed by atoms with van der Waals surface area (Å²) in [5, 5.41) is 3.12. The van der Waals surface area contributed by atoms with Gasteiger partial charge in [0.2, 0.25) is 0 Å². The van der Waals surface area contributed by atoms with Gasteiger partial charge in [-0.2, -0.15) is 0 Å². The van der Waals surface area contributed by atoms with Crippen molar-refractivity contribution in [1.82, 2.24) is 0 Å². The van der Waals surface area contributed by atoms with Crippen molar-refractivity contribution >= 4 is 11.6 Å². The third kappa shape index (κ3) is 4.76. The van der Waals surface area contributed by atoms with Crippen molar-refractivity contribution in [3.63, 3.8) is 0 Å². The van der Waals surface area contributed by atoms with Gasteiger partial charge in [0.25, 0.3) is 0 Å². The van der Waals surface area contributed by atoms with Crippen LogP contribution in [0.3, 0.4) is 0 Å². The van der Waals surface area contributed by atoms with Crippen LogP contribution in [0.15, 0.2) is 23.2 Å². The highest BCUT2D eigenvalue weighted by Crippen LogP contribution is 2.32. The fourth-order valence-electron chi connectivity index (χ4n) is 2.83. The average molecular weight is 319 g/mol. The molecule has 0 radical (unpaired) electrons. The highest BCUT2D eigenvalue weighted by Gasteiger charge is 2.13. The molecule has 1 aromatic carbocycles. The molecule has 1 aromatic rings. The van der Waals surface area contributed by atoms with Crippen molar-refractivity contribution in [2.24, 2.45) is 16.6 Å². The number of rotatable bonds is 4. The van der Waals surface area contributed by atoms with Crippen molar-refractivity contribution in [3.8, 4) is 11.5 Å². The topological polar surface area (TPSA) is 78.1 Å². The molecule has 0 unspecified atom stereocenters. The van der Waals surface area contributed by atoms with Gasteiger partial charge in [-0.05, 0) is 37.3 Å². The number of ether oxygens (including phenoxy) is 3. The van der Waals surface area contributed by atoms with Crippen LogP contribution >= 0.6 is 0 Å². The van der Waals surface area contributed by atoms with Crippen LogP contribution in [0.5, 0.6) is 11.5 Å². The summed E-state index contributed by atoms with van der Waals surface area (Å²) in [5.74, 6) is 2.68. The van der Waals surface area contributed by atoms with Crippen LogP contribution in [0.25, 0.3) is 0 Å². The molecule has 3 N–H and O–H groups in total. The van der Waals surface area contributed by atoms with Gasteiger partial charge in [0.15, 0.2) is 17.5 Å². The summed E-state index contributed by atoms with van der Waals surface area (Å²) >= 11 is 0. The van der Waals surface area contributed by atoms with E-state index in [1.54, 1.807) is 0 Å². The summed E-state index contributed by atoms with van der Waals surface area (Å²) in [6, 6.07) is 5.73. The number of aliphatic imine (C=N–C) groups is 1. The summed E-state index contributed by atoms with van der Waals surface area (Å²) in [5.41, 5.74) is 6.83. The minimum Gasteiger partial charge on any atom is -0.490 e. The quantitative estimate of drug-likeness (QED) is 0.658. The first-order chi connectivity index (χ1) is 11.3. The Bertz CT molecular complexity index is 542. The van der Waals surface area contributed by atoms with E-state index in [0.717, 1.165) is 62.6 Å². The van der Waals surface area contributed by atoms with Crippen molar-refractivity contribution in [1.29, 1.82) is 0 Å². The zero-order valence-electron chi connectivity index (χ0n) is 13.4. The highest BCUT2D eigenvalue weighted by molar-refractivity contribution is 5.92. The normalized spacial score (nSPS) is 19.2. The molecule has 3 rings (SSSR count). The molecule has 126 valence electrons. The van der Waals surface area contributed by atoms with Gasteiger partial charge >= 0.3 is 0 Å². The summed E-state index contributed by atoms with van der Waals surface area (Å²) in [6.45, 7) is 3.85. The fraction of sp³-hybridized carbons (Fsp3) is 0.588. The molecule has 1 fully saturated rings. The number of hydrogen-bond donors (Lipinski definition) is 2. The maximum absolute atomic E-state index is 5.97. The van der Waals surface area contributed by atoms with Crippen molar-refractivity contribution in [3.05, 3.63) is 18.2 Å². The standard InChI is InChI=1S/C17H25N3O3/c18-17(19-7-4-13-5-10-21-11-6-13)20-14-2-3-15-16(12-14)23-9-1-8-22-15/h2-3,12-13H,1,4-11H2,(H3,18,19,20). The van der Waals surface area contributed by atoms with E-state index in [1.807, 2.05) is 18.2 Å². The first kappa shape index (κ1) is 15.9. The number of hydrogen-bond acceptors (Lipinski definition) is 4. The van der Waals surface area contributed by atoms with Crippen LogP contribution in [0.2, 0.25) is 0 Å². The number of nitrogens with one attached hydrogen (secondary N) is 1. The Morgan fingerprint density at radius 1 is 1.13 bits per heavy atom. The SMILES string of the molecule is NC(=NCCC1CCOCC1)Nc1ccc2c(c1)OCCCO2. The Morgan fingerprint density at radius 2 is 1.91 bits per heavy atom. The molecule has 0 amide bonds. The van der Waals surface area contributed by atoms with E-state index < -0.39 is 0 Å². The molecular weight excluding hydrogens is 294 g/mol. The van der Waals surface area contributed by atoms with Crippen molar-refractivity contribution in [2.45, 2.75) is 25.7 Å². The predicted molar refractivity (Wildman–Crippen MR) is 90.3 cm³/mol. The van der Waals surface area contributed by atoms with E-state index in [-0.39, 0.29) is 0 Å². The molecule has 0 atom stereocenters. The van der Waals surface area contributed by atoms with Gasteiger partial charge in [0.1, 0.15) is 0 Å². The van der Waals surface area contributed by atoms with Gasteiger partial charge in [0.05, 0.1) is 13.2 Å². The number of nitrogens with two attached hydrogens (primary N) is 1. The zero-order chi connectivity index (χ0) is 15.9. The molecule has 2 heterocycles. The molecule has 6 heteroatoms. The lowest BCUT2D eigenvalue weighted by molar-refractivity contribution is 0.0647. The Morgan fingerprint density at radius 3 is 2.74 bits per heavy atom. The predicted octanol–water partition coefficient (Wildman–Crippen LogP) is 2.39. The molecule has 0 spiro atoms. The number of guanidine groups is 1.